The Morgan fingerprint density at radius 1 is 1.27 bits per heavy atom. The third-order valence-corrected chi connectivity index (χ3v) is 3.74. The summed E-state index contributed by atoms with van der Waals surface area (Å²) in [6.07, 6.45) is 1.41. The van der Waals surface area contributed by atoms with Gasteiger partial charge in [-0.2, -0.15) is 5.10 Å². The lowest BCUT2D eigenvalue weighted by atomic mass is 10.0. The number of nitrogens with one attached hydrogen (secondary N) is 1. The largest absolute Gasteiger partial charge is 0.483 e. The van der Waals surface area contributed by atoms with Crippen molar-refractivity contribution in [2.75, 3.05) is 6.61 Å². The number of nitrogens with zero attached hydrogens (tertiary/aromatic N) is 2. The predicted octanol–water partition coefficient (Wildman–Crippen LogP) is 3.56. The molecule has 136 valence electrons. The Morgan fingerprint density at radius 2 is 1.96 bits per heavy atom. The highest BCUT2D eigenvalue weighted by atomic mass is 16.6. The second-order valence-corrected chi connectivity index (χ2v) is 6.11. The van der Waals surface area contributed by atoms with Crippen molar-refractivity contribution in [2.45, 2.75) is 26.7 Å². The molecular weight excluding hydrogens is 334 g/mol. The maximum atomic E-state index is 11.8. The Kier molecular flexibility index (Phi) is 6.43. The van der Waals surface area contributed by atoms with Gasteiger partial charge in [0.05, 0.1) is 11.1 Å². The molecule has 1 N–H and O–H groups in total. The predicted molar refractivity (Wildman–Crippen MR) is 99.6 cm³/mol. The number of carbonyl (C=O) groups is 1. The first-order valence-electron chi connectivity index (χ1n) is 8.16. The van der Waals surface area contributed by atoms with E-state index in [0.717, 1.165) is 11.1 Å². The normalized spacial score (nSPS) is 10.9. The molecule has 0 aliphatic rings. The minimum atomic E-state index is -0.476. The first-order chi connectivity index (χ1) is 12.4. The molecule has 1 amide bonds. The number of rotatable bonds is 7. The van der Waals surface area contributed by atoms with Crippen LogP contribution in [0.3, 0.4) is 0 Å². The van der Waals surface area contributed by atoms with Crippen LogP contribution >= 0.6 is 0 Å². The number of amides is 1. The van der Waals surface area contributed by atoms with Crippen molar-refractivity contribution in [2.24, 2.45) is 5.10 Å². The molecule has 0 saturated heterocycles. The zero-order chi connectivity index (χ0) is 19.1. The molecule has 0 atom stereocenters. The van der Waals surface area contributed by atoms with E-state index in [0.29, 0.717) is 17.2 Å². The summed E-state index contributed by atoms with van der Waals surface area (Å²) in [5.41, 5.74) is 5.10. The number of hydrogen-bond donors (Lipinski definition) is 1. The van der Waals surface area contributed by atoms with E-state index in [1.165, 1.54) is 18.3 Å². The Hall–Kier alpha value is -3.22. The first kappa shape index (κ1) is 19.1. The van der Waals surface area contributed by atoms with Gasteiger partial charge in [-0.15, -0.1) is 0 Å². The SMILES string of the molecule is Cc1ccc(C(C)C)cc1OCC(=O)NN=Cc1ccc([N+](=O)[O-])cc1. The van der Waals surface area contributed by atoms with Crippen LogP contribution in [0.15, 0.2) is 47.6 Å². The van der Waals surface area contributed by atoms with Crippen LogP contribution in [0.1, 0.15) is 36.5 Å². The molecule has 2 rings (SSSR count). The topological polar surface area (TPSA) is 93.8 Å². The summed E-state index contributed by atoms with van der Waals surface area (Å²) < 4.78 is 5.57. The maximum absolute atomic E-state index is 11.8. The fourth-order valence-corrected chi connectivity index (χ4v) is 2.17. The third-order valence-electron chi connectivity index (χ3n) is 3.74. The summed E-state index contributed by atoms with van der Waals surface area (Å²) in [4.78, 5) is 22.0. The van der Waals surface area contributed by atoms with Crippen molar-refractivity contribution in [3.63, 3.8) is 0 Å². The van der Waals surface area contributed by atoms with E-state index in [2.05, 4.69) is 24.4 Å². The second-order valence-electron chi connectivity index (χ2n) is 6.11. The van der Waals surface area contributed by atoms with Crippen molar-refractivity contribution >= 4 is 17.8 Å². The van der Waals surface area contributed by atoms with Crippen molar-refractivity contribution in [3.8, 4) is 5.75 Å². The molecule has 0 aliphatic heterocycles. The van der Waals surface area contributed by atoms with Crippen molar-refractivity contribution in [1.82, 2.24) is 5.43 Å². The molecule has 0 radical (unpaired) electrons. The molecule has 26 heavy (non-hydrogen) atoms. The number of benzene rings is 2. The smallest absolute Gasteiger partial charge is 0.277 e. The minimum Gasteiger partial charge on any atom is -0.483 e. The monoisotopic (exact) mass is 355 g/mol. The average molecular weight is 355 g/mol. The lowest BCUT2D eigenvalue weighted by Crippen LogP contribution is -2.24. The van der Waals surface area contributed by atoms with Gasteiger partial charge in [0.25, 0.3) is 11.6 Å². The minimum absolute atomic E-state index is 0.00131. The van der Waals surface area contributed by atoms with Crippen LogP contribution in [-0.2, 0) is 4.79 Å². The molecule has 7 heteroatoms. The molecule has 0 bridgehead atoms. The maximum Gasteiger partial charge on any atom is 0.277 e. The lowest BCUT2D eigenvalue weighted by Gasteiger charge is -2.12. The number of nitro benzene ring substituents is 1. The van der Waals surface area contributed by atoms with Crippen LogP contribution < -0.4 is 10.2 Å². The van der Waals surface area contributed by atoms with Gasteiger partial charge in [0.15, 0.2) is 6.61 Å². The van der Waals surface area contributed by atoms with Crippen LogP contribution in [0.25, 0.3) is 0 Å². The summed E-state index contributed by atoms with van der Waals surface area (Å²) >= 11 is 0. The molecule has 0 spiro atoms. The van der Waals surface area contributed by atoms with Gasteiger partial charge in [0.2, 0.25) is 0 Å². The number of aryl methyl sites for hydroxylation is 1. The highest BCUT2D eigenvalue weighted by Crippen LogP contribution is 2.24. The summed E-state index contributed by atoms with van der Waals surface area (Å²) in [5.74, 6) is 0.654. The van der Waals surface area contributed by atoms with Gasteiger partial charge < -0.3 is 4.74 Å². The van der Waals surface area contributed by atoms with Gasteiger partial charge in [-0.05, 0) is 47.7 Å². The lowest BCUT2D eigenvalue weighted by molar-refractivity contribution is -0.384. The van der Waals surface area contributed by atoms with Gasteiger partial charge in [0, 0.05) is 12.1 Å². The number of ether oxygens (including phenoxy) is 1. The molecule has 0 heterocycles. The van der Waals surface area contributed by atoms with E-state index in [1.807, 2.05) is 25.1 Å². The summed E-state index contributed by atoms with van der Waals surface area (Å²) in [5, 5.41) is 14.4. The number of non-ortho nitro benzene ring substituents is 1. The zero-order valence-electron chi connectivity index (χ0n) is 14.9. The van der Waals surface area contributed by atoms with Crippen LogP contribution in [-0.4, -0.2) is 23.7 Å². The molecule has 2 aromatic rings. The van der Waals surface area contributed by atoms with Gasteiger partial charge in [-0.3, -0.25) is 14.9 Å². The van der Waals surface area contributed by atoms with Crippen molar-refractivity contribution in [1.29, 1.82) is 0 Å². The van der Waals surface area contributed by atoms with Crippen molar-refractivity contribution < 1.29 is 14.5 Å². The van der Waals surface area contributed by atoms with E-state index in [1.54, 1.807) is 12.1 Å². The molecular formula is C19H21N3O4. The standard InChI is InChI=1S/C19H21N3O4/c1-13(2)16-7-4-14(3)18(10-16)26-12-19(23)21-20-11-15-5-8-17(9-6-15)22(24)25/h4-11,13H,12H2,1-3H3,(H,21,23). The molecule has 7 nitrogen and oxygen atoms in total. The summed E-state index contributed by atoms with van der Waals surface area (Å²) in [6, 6.07) is 11.8. The van der Waals surface area contributed by atoms with E-state index >= 15 is 0 Å². The quantitative estimate of drug-likeness (QED) is 0.467. The fraction of sp³-hybridized carbons (Fsp3) is 0.263. The van der Waals surface area contributed by atoms with Gasteiger partial charge in [-0.25, -0.2) is 5.43 Å². The van der Waals surface area contributed by atoms with Gasteiger partial charge in [0.1, 0.15) is 5.75 Å². The number of hydrazone groups is 1. The van der Waals surface area contributed by atoms with E-state index < -0.39 is 10.8 Å². The molecule has 0 unspecified atom stereocenters. The van der Waals surface area contributed by atoms with E-state index in [-0.39, 0.29) is 12.3 Å². The highest BCUT2D eigenvalue weighted by molar-refractivity contribution is 5.83. The van der Waals surface area contributed by atoms with Gasteiger partial charge in [-0.1, -0.05) is 26.0 Å². The van der Waals surface area contributed by atoms with Gasteiger partial charge >= 0.3 is 0 Å². The molecule has 0 fully saturated rings. The number of carbonyl (C=O) groups excluding carboxylic acids is 1. The Bertz CT molecular complexity index is 814. The van der Waals surface area contributed by atoms with Crippen LogP contribution in [0.4, 0.5) is 5.69 Å². The summed E-state index contributed by atoms with van der Waals surface area (Å²) in [6.45, 7) is 5.95. The molecule has 2 aromatic carbocycles. The van der Waals surface area contributed by atoms with Crippen LogP contribution in [0.2, 0.25) is 0 Å². The number of nitro groups is 1. The van der Waals surface area contributed by atoms with E-state index in [4.69, 9.17) is 4.74 Å². The fourth-order valence-electron chi connectivity index (χ4n) is 2.17. The second kappa shape index (κ2) is 8.75. The Balaban J connectivity index is 1.87. The Labute approximate surface area is 151 Å². The Morgan fingerprint density at radius 3 is 2.58 bits per heavy atom. The highest BCUT2D eigenvalue weighted by Gasteiger charge is 2.07. The third kappa shape index (κ3) is 5.41. The van der Waals surface area contributed by atoms with Crippen LogP contribution in [0, 0.1) is 17.0 Å². The number of hydrogen-bond acceptors (Lipinski definition) is 5. The molecule has 0 aromatic heterocycles. The van der Waals surface area contributed by atoms with Crippen LogP contribution in [0.5, 0.6) is 5.75 Å². The van der Waals surface area contributed by atoms with Crippen molar-refractivity contribution in [3.05, 3.63) is 69.3 Å². The first-order valence-corrected chi connectivity index (χ1v) is 8.16. The van der Waals surface area contributed by atoms with E-state index in [9.17, 15) is 14.9 Å². The average Bonchev–Trinajstić information content (AvgIpc) is 2.61. The zero-order valence-corrected chi connectivity index (χ0v) is 14.9. The molecule has 0 aliphatic carbocycles. The molecule has 0 saturated carbocycles. The summed E-state index contributed by atoms with van der Waals surface area (Å²) in [7, 11) is 0.